The number of nitrogens with zero attached hydrogens (tertiary/aromatic N) is 3. The van der Waals surface area contributed by atoms with E-state index in [1.165, 1.54) is 31.4 Å². The molecule has 2 unspecified atom stereocenters. The summed E-state index contributed by atoms with van der Waals surface area (Å²) in [5, 5.41) is 0.508. The minimum Gasteiger partial charge on any atom is -0.385 e. The van der Waals surface area contributed by atoms with Gasteiger partial charge in [-0.1, -0.05) is 6.42 Å². The topological polar surface area (TPSA) is 288 Å². The highest BCUT2D eigenvalue weighted by molar-refractivity contribution is 7.86. The summed E-state index contributed by atoms with van der Waals surface area (Å²) in [6.45, 7) is 9.59. The van der Waals surface area contributed by atoms with Gasteiger partial charge < -0.3 is 38.2 Å². The third-order valence-electron chi connectivity index (χ3n) is 13.1. The van der Waals surface area contributed by atoms with Crippen molar-refractivity contribution in [1.29, 1.82) is 0 Å². The zero-order valence-electron chi connectivity index (χ0n) is 42.6. The fourth-order valence-corrected chi connectivity index (χ4v) is 10.8. The Morgan fingerprint density at radius 3 is 1.81 bits per heavy atom. The Balaban J connectivity index is 1.49. The summed E-state index contributed by atoms with van der Waals surface area (Å²) in [5.74, 6) is -2.46. The molecule has 2 aromatic rings. The smallest absolute Gasteiger partial charge is 0.333 e. The SMILES string of the molecule is COCCOCCOCCOCCOCC[N+]1=C(C=C(C)C=C2N(CCCCCC(=O)ON3C(=O)CCC3=O)c3ccc(S(=O)(=O)O)cc3C2(C)CCOC)C(C)(CCCS(=O)(=O)O)c2cc(S(=O)(=O)O)ccc21. The van der Waals surface area contributed by atoms with Crippen LogP contribution in [0.3, 0.4) is 0 Å². The summed E-state index contributed by atoms with van der Waals surface area (Å²) >= 11 is 0. The van der Waals surface area contributed by atoms with Gasteiger partial charge in [0.1, 0.15) is 6.61 Å². The van der Waals surface area contributed by atoms with Crippen LogP contribution in [0.1, 0.15) is 89.7 Å². The van der Waals surface area contributed by atoms with E-state index < -0.39 is 64.7 Å². The van der Waals surface area contributed by atoms with Gasteiger partial charge in [-0.3, -0.25) is 23.2 Å². The molecule has 3 aliphatic heterocycles. The number of hydrogen-bond acceptors (Lipinski definition) is 17. The van der Waals surface area contributed by atoms with Gasteiger partial charge in [0.25, 0.3) is 42.2 Å². The number of carbonyl (C=O) groups excluding carboxylic acids is 3. The summed E-state index contributed by atoms with van der Waals surface area (Å²) < 4.78 is 139. The Bertz CT molecular complexity index is 2750. The molecule has 2 amide bonds. The van der Waals surface area contributed by atoms with Crippen LogP contribution < -0.4 is 4.90 Å². The molecule has 1 saturated heterocycles. The van der Waals surface area contributed by atoms with E-state index in [9.17, 15) is 53.3 Å². The lowest BCUT2D eigenvalue weighted by Crippen LogP contribution is -2.33. The molecule has 0 saturated carbocycles. The number of unbranched alkanes of at least 4 members (excludes halogenated alkanes) is 2. The largest absolute Gasteiger partial charge is 0.385 e. The van der Waals surface area contributed by atoms with Crippen LogP contribution in [-0.2, 0) is 88.8 Å². The van der Waals surface area contributed by atoms with Gasteiger partial charge in [-0.25, -0.2) is 4.79 Å². The van der Waals surface area contributed by atoms with Crippen LogP contribution in [0.4, 0.5) is 11.4 Å². The number of benzene rings is 2. The lowest BCUT2D eigenvalue weighted by Gasteiger charge is -2.31. The third kappa shape index (κ3) is 16.3. The van der Waals surface area contributed by atoms with Gasteiger partial charge >= 0.3 is 5.97 Å². The highest BCUT2D eigenvalue weighted by Crippen LogP contribution is 2.51. The molecule has 22 nitrogen and oxygen atoms in total. The van der Waals surface area contributed by atoms with Gasteiger partial charge in [-0.05, 0) is 100 Å². The van der Waals surface area contributed by atoms with Crippen molar-refractivity contribution in [2.45, 2.75) is 99.2 Å². The van der Waals surface area contributed by atoms with Crippen molar-refractivity contribution in [3.8, 4) is 0 Å². The number of ether oxygens (including phenoxy) is 6. The maximum atomic E-state index is 12.6. The standard InChI is InChI=1S/C49H69N3O19S3/c1-36(33-44-49(3,18-21-65-4)40-35-38(74(62,63)64)11-13-41(40)50(44)19-8-6-7-10-47(55)71-52-45(53)15-16-46(52)54)32-43-48(2,17-9-31-72(56,57)58)39-34-37(73(59,60)61)12-14-42(39)51(43)20-22-67-25-26-69-29-30-70-28-27-68-24-23-66-5/h11-14,32-35H,6-10,15-31H2,1-5H3,(H2-,56,57,58,59,60,61,62,63,64)/p+1. The van der Waals surface area contributed by atoms with Crippen molar-refractivity contribution in [1.82, 2.24) is 5.06 Å². The minimum atomic E-state index is -4.69. The zero-order chi connectivity index (χ0) is 54.3. The van der Waals surface area contributed by atoms with E-state index >= 15 is 0 Å². The number of methoxy groups -OCH3 is 2. The number of rotatable bonds is 33. The number of fused-ring (bicyclic) bond motifs is 2. The summed E-state index contributed by atoms with van der Waals surface area (Å²) in [6, 6.07) is 8.57. The molecule has 5 rings (SSSR count). The Morgan fingerprint density at radius 1 is 0.689 bits per heavy atom. The molecule has 74 heavy (non-hydrogen) atoms. The predicted octanol–water partition coefficient (Wildman–Crippen LogP) is 4.73. The molecule has 0 aliphatic carbocycles. The number of amides is 2. The van der Waals surface area contributed by atoms with Gasteiger partial charge in [0.2, 0.25) is 5.69 Å². The number of imide groups is 1. The Morgan fingerprint density at radius 2 is 1.24 bits per heavy atom. The average Bonchev–Trinajstić information content (AvgIpc) is 3.85. The second-order valence-electron chi connectivity index (χ2n) is 18.5. The van der Waals surface area contributed by atoms with Crippen LogP contribution in [0.5, 0.6) is 0 Å². The lowest BCUT2D eigenvalue weighted by atomic mass is 9.75. The van der Waals surface area contributed by atoms with E-state index in [2.05, 4.69) is 0 Å². The van der Waals surface area contributed by atoms with Gasteiger partial charge in [0.05, 0.1) is 73.8 Å². The number of carbonyl (C=O) groups is 3. The molecule has 0 aromatic heterocycles. The number of allylic oxidation sites excluding steroid dienone is 4. The van der Waals surface area contributed by atoms with E-state index in [1.807, 2.05) is 42.4 Å². The Labute approximate surface area is 433 Å². The first-order valence-electron chi connectivity index (χ1n) is 24.3. The molecule has 0 radical (unpaired) electrons. The van der Waals surface area contributed by atoms with Gasteiger partial charge in [0, 0.05) is 81.1 Å². The van der Waals surface area contributed by atoms with Crippen LogP contribution in [0.25, 0.3) is 0 Å². The van der Waals surface area contributed by atoms with Crippen molar-refractivity contribution >= 4 is 65.2 Å². The van der Waals surface area contributed by atoms with Crippen molar-refractivity contribution in [3.05, 3.63) is 70.9 Å². The van der Waals surface area contributed by atoms with E-state index in [-0.39, 0.29) is 74.9 Å². The fourth-order valence-electron chi connectivity index (χ4n) is 9.29. The maximum absolute atomic E-state index is 12.6. The molecular formula is C49H70N3O19S3+. The normalized spacial score (nSPS) is 19.8. The van der Waals surface area contributed by atoms with E-state index in [0.717, 1.165) is 5.70 Å². The van der Waals surface area contributed by atoms with Crippen molar-refractivity contribution in [2.24, 2.45) is 0 Å². The van der Waals surface area contributed by atoms with E-state index in [1.54, 1.807) is 19.2 Å². The minimum absolute atomic E-state index is 0.0280. The van der Waals surface area contributed by atoms with Crippen LogP contribution in [-0.4, -0.2) is 171 Å². The predicted molar refractivity (Wildman–Crippen MR) is 269 cm³/mol. The molecule has 0 spiro atoms. The first-order valence-corrected chi connectivity index (χ1v) is 28.8. The second kappa shape index (κ2) is 27.0. The van der Waals surface area contributed by atoms with Crippen molar-refractivity contribution < 1.29 is 91.1 Å². The average molecular weight is 1100 g/mol. The molecule has 3 heterocycles. The molecule has 2 aromatic carbocycles. The molecule has 2 atom stereocenters. The summed E-state index contributed by atoms with van der Waals surface area (Å²) in [5.41, 5.74) is 2.27. The van der Waals surface area contributed by atoms with Crippen LogP contribution in [0.2, 0.25) is 0 Å². The monoisotopic (exact) mass is 1100 g/mol. The zero-order valence-corrected chi connectivity index (χ0v) is 45.1. The van der Waals surface area contributed by atoms with Crippen LogP contribution in [0.15, 0.2) is 69.6 Å². The maximum Gasteiger partial charge on any atom is 0.333 e. The molecule has 3 aliphatic rings. The Hall–Kier alpha value is -4.51. The fraction of sp³-hybridized carbons (Fsp3) is 0.592. The molecule has 412 valence electrons. The second-order valence-corrected chi connectivity index (χ2v) is 22.9. The van der Waals surface area contributed by atoms with Gasteiger partial charge in [-0.15, -0.1) is 5.06 Å². The first kappa shape index (κ1) is 60.4. The highest BCUT2D eigenvalue weighted by Gasteiger charge is 2.49. The van der Waals surface area contributed by atoms with Gasteiger partial charge in [0.15, 0.2) is 12.3 Å². The van der Waals surface area contributed by atoms with Crippen LogP contribution >= 0.6 is 0 Å². The van der Waals surface area contributed by atoms with E-state index in [0.29, 0.717) is 111 Å². The number of hydroxylamine groups is 2. The van der Waals surface area contributed by atoms with Crippen molar-refractivity contribution in [2.75, 3.05) is 104 Å². The quantitative estimate of drug-likeness (QED) is 0.0377. The van der Waals surface area contributed by atoms with Crippen molar-refractivity contribution in [3.63, 3.8) is 0 Å². The summed E-state index contributed by atoms with van der Waals surface area (Å²) in [6.07, 6.45) is 5.53. The third-order valence-corrected chi connectivity index (χ3v) is 15.6. The van der Waals surface area contributed by atoms with Crippen LogP contribution in [0, 0.1) is 0 Å². The molecule has 3 N–H and O–H groups in total. The number of hydrogen-bond donors (Lipinski definition) is 3. The molecular weight excluding hydrogens is 1030 g/mol. The Kier molecular flexibility index (Phi) is 22.0. The summed E-state index contributed by atoms with van der Waals surface area (Å²) in [7, 11) is -10.6. The molecule has 1 fully saturated rings. The first-order chi connectivity index (χ1) is 34.9. The summed E-state index contributed by atoms with van der Waals surface area (Å²) in [4.78, 5) is 42.9. The highest BCUT2D eigenvalue weighted by atomic mass is 32.2. The number of anilines is 1. The lowest BCUT2D eigenvalue weighted by molar-refractivity contribution is -0.442. The van der Waals surface area contributed by atoms with E-state index in [4.69, 9.17) is 33.3 Å². The van der Waals surface area contributed by atoms with Gasteiger partial charge in [-0.2, -0.15) is 29.8 Å². The molecule has 0 bridgehead atoms. The molecule has 25 heteroatoms.